The topological polar surface area (TPSA) is 27.0 Å². The number of halogens is 1. The molecule has 100 valence electrons. The van der Waals surface area contributed by atoms with E-state index < -0.39 is 0 Å². The van der Waals surface area contributed by atoms with Gasteiger partial charge >= 0.3 is 0 Å². The molecule has 0 bridgehead atoms. The van der Waals surface area contributed by atoms with Gasteiger partial charge in [0, 0.05) is 16.7 Å². The smallest absolute Gasteiger partial charge is 0.103 e. The fourth-order valence-corrected chi connectivity index (χ4v) is 3.32. The second-order valence-electron chi connectivity index (χ2n) is 5.29. The third-order valence-corrected chi connectivity index (χ3v) is 4.40. The molecule has 0 N–H and O–H groups in total. The summed E-state index contributed by atoms with van der Waals surface area (Å²) in [4.78, 5) is 2.27. The highest BCUT2D eigenvalue weighted by molar-refractivity contribution is 9.10. The summed E-state index contributed by atoms with van der Waals surface area (Å²) in [6.45, 7) is 3.20. The van der Waals surface area contributed by atoms with Crippen LogP contribution in [0.2, 0.25) is 0 Å². The Morgan fingerprint density at radius 3 is 2.70 bits per heavy atom. The lowest BCUT2D eigenvalue weighted by molar-refractivity contribution is 0.562. The average Bonchev–Trinajstić information content (AvgIpc) is 2.46. The van der Waals surface area contributed by atoms with Crippen molar-refractivity contribution in [3.63, 3.8) is 0 Å². The molecule has 2 aromatic rings. The van der Waals surface area contributed by atoms with Gasteiger partial charge in [0.05, 0.1) is 11.3 Å². The number of nitrogens with zero attached hydrogens (tertiary/aromatic N) is 2. The highest BCUT2D eigenvalue weighted by Gasteiger charge is 2.24. The van der Waals surface area contributed by atoms with E-state index in [0.717, 1.165) is 23.1 Å². The largest absolute Gasteiger partial charge is 0.340 e. The normalized spacial score (nSPS) is 17.4. The molecule has 1 unspecified atom stereocenters. The van der Waals surface area contributed by atoms with Crippen LogP contribution in [0.25, 0.3) is 0 Å². The van der Waals surface area contributed by atoms with Crippen molar-refractivity contribution in [2.45, 2.75) is 13.3 Å². The Labute approximate surface area is 127 Å². The molecule has 1 aliphatic heterocycles. The van der Waals surface area contributed by atoms with Gasteiger partial charge in [0.25, 0.3) is 0 Å². The first-order valence-corrected chi connectivity index (χ1v) is 7.54. The number of nitriles is 1. The van der Waals surface area contributed by atoms with Gasteiger partial charge in [-0.1, -0.05) is 31.2 Å². The molecule has 3 rings (SSSR count). The van der Waals surface area contributed by atoms with Gasteiger partial charge in [-0.05, 0) is 52.0 Å². The van der Waals surface area contributed by atoms with Crippen molar-refractivity contribution in [3.8, 4) is 6.07 Å². The molecule has 0 amide bonds. The fourth-order valence-electron chi connectivity index (χ4n) is 2.87. The summed E-state index contributed by atoms with van der Waals surface area (Å²) in [5.41, 5.74) is 4.27. The minimum Gasteiger partial charge on any atom is -0.340 e. The molecule has 1 atom stereocenters. The van der Waals surface area contributed by atoms with Crippen LogP contribution in [-0.4, -0.2) is 6.54 Å². The predicted octanol–water partition coefficient (Wildman–Crippen LogP) is 4.65. The molecule has 0 aromatic heterocycles. The third-order valence-electron chi connectivity index (χ3n) is 3.74. The maximum atomic E-state index is 9.44. The maximum absolute atomic E-state index is 9.44. The van der Waals surface area contributed by atoms with Crippen LogP contribution in [0.5, 0.6) is 0 Å². The van der Waals surface area contributed by atoms with Crippen LogP contribution >= 0.6 is 15.9 Å². The van der Waals surface area contributed by atoms with Crippen LogP contribution in [0.1, 0.15) is 18.1 Å². The molecule has 2 aromatic carbocycles. The van der Waals surface area contributed by atoms with E-state index in [1.54, 1.807) is 0 Å². The van der Waals surface area contributed by atoms with Gasteiger partial charge in [-0.15, -0.1) is 0 Å². The lowest BCUT2D eigenvalue weighted by atomic mass is 9.93. The number of fused-ring (bicyclic) bond motifs is 1. The van der Waals surface area contributed by atoms with Crippen LogP contribution in [0.3, 0.4) is 0 Å². The molecule has 0 fully saturated rings. The molecule has 20 heavy (non-hydrogen) atoms. The Bertz CT molecular complexity index is 688. The van der Waals surface area contributed by atoms with Crippen molar-refractivity contribution in [3.05, 3.63) is 58.1 Å². The summed E-state index contributed by atoms with van der Waals surface area (Å²) in [7, 11) is 0. The van der Waals surface area contributed by atoms with Crippen LogP contribution in [0.4, 0.5) is 11.4 Å². The van der Waals surface area contributed by atoms with Crippen molar-refractivity contribution >= 4 is 27.3 Å². The monoisotopic (exact) mass is 326 g/mol. The molecule has 3 heteroatoms. The maximum Gasteiger partial charge on any atom is 0.103 e. The molecule has 0 radical (unpaired) electrons. The molecule has 0 aliphatic carbocycles. The molecule has 1 aliphatic rings. The first kappa shape index (κ1) is 13.2. The zero-order chi connectivity index (χ0) is 14.1. The SMILES string of the molecule is CC1Cc2ccccc2N(c2cccc(Br)c2C#N)C1. The van der Waals surface area contributed by atoms with Gasteiger partial charge in [0.15, 0.2) is 0 Å². The molecular weight excluding hydrogens is 312 g/mol. The standard InChI is InChI=1S/C17H15BrN2/c1-12-9-13-5-2-3-7-16(13)20(11-12)17-8-4-6-15(18)14(17)10-19/h2-8,12H,9,11H2,1H3. The molecule has 0 saturated carbocycles. The summed E-state index contributed by atoms with van der Waals surface area (Å²) < 4.78 is 0.855. The van der Waals surface area contributed by atoms with Crippen molar-refractivity contribution in [1.82, 2.24) is 0 Å². The minimum atomic E-state index is 0.579. The van der Waals surface area contributed by atoms with E-state index in [1.807, 2.05) is 18.2 Å². The Hall–Kier alpha value is -1.79. The minimum absolute atomic E-state index is 0.579. The summed E-state index contributed by atoms with van der Waals surface area (Å²) in [6, 6.07) is 16.7. The number of rotatable bonds is 1. The van der Waals surface area contributed by atoms with Gasteiger partial charge in [-0.25, -0.2) is 0 Å². The van der Waals surface area contributed by atoms with Crippen molar-refractivity contribution < 1.29 is 0 Å². The zero-order valence-corrected chi connectivity index (χ0v) is 12.9. The number of hydrogen-bond acceptors (Lipinski definition) is 2. The van der Waals surface area contributed by atoms with Crippen LogP contribution < -0.4 is 4.90 Å². The summed E-state index contributed by atoms with van der Waals surface area (Å²) in [5.74, 6) is 0.579. The first-order chi connectivity index (χ1) is 9.70. The molecule has 1 heterocycles. The molecular formula is C17H15BrN2. The van der Waals surface area contributed by atoms with E-state index in [4.69, 9.17) is 0 Å². The summed E-state index contributed by atoms with van der Waals surface area (Å²) in [6.07, 6.45) is 1.10. The molecule has 2 nitrogen and oxygen atoms in total. The molecule has 0 saturated heterocycles. The van der Waals surface area contributed by atoms with Gasteiger partial charge in [0.2, 0.25) is 0 Å². The van der Waals surface area contributed by atoms with Crippen molar-refractivity contribution in [2.75, 3.05) is 11.4 Å². The highest BCUT2D eigenvalue weighted by atomic mass is 79.9. The van der Waals surface area contributed by atoms with Crippen LogP contribution in [0.15, 0.2) is 46.9 Å². The zero-order valence-electron chi connectivity index (χ0n) is 11.3. The Balaban J connectivity index is 2.16. The van der Waals surface area contributed by atoms with Crippen molar-refractivity contribution in [2.24, 2.45) is 5.92 Å². The third kappa shape index (κ3) is 2.21. The van der Waals surface area contributed by atoms with Gasteiger partial charge in [0.1, 0.15) is 6.07 Å². The first-order valence-electron chi connectivity index (χ1n) is 6.74. The Kier molecular flexibility index (Phi) is 3.50. The number of anilines is 2. The van der Waals surface area contributed by atoms with E-state index in [9.17, 15) is 5.26 Å². The Morgan fingerprint density at radius 2 is 1.90 bits per heavy atom. The van der Waals surface area contributed by atoms with Crippen molar-refractivity contribution in [1.29, 1.82) is 5.26 Å². The lowest BCUT2D eigenvalue weighted by Gasteiger charge is -2.35. The average molecular weight is 327 g/mol. The van der Waals surface area contributed by atoms with Gasteiger partial charge in [-0.2, -0.15) is 5.26 Å². The van der Waals surface area contributed by atoms with Crippen LogP contribution in [-0.2, 0) is 6.42 Å². The summed E-state index contributed by atoms with van der Waals surface area (Å²) >= 11 is 3.48. The highest BCUT2D eigenvalue weighted by Crippen LogP contribution is 2.38. The van der Waals surface area contributed by atoms with Crippen LogP contribution in [0, 0.1) is 17.2 Å². The second kappa shape index (κ2) is 5.30. The number of benzene rings is 2. The predicted molar refractivity (Wildman–Crippen MR) is 85.2 cm³/mol. The van der Waals surface area contributed by atoms with E-state index >= 15 is 0 Å². The van der Waals surface area contributed by atoms with Gasteiger partial charge in [-0.3, -0.25) is 0 Å². The number of hydrogen-bond donors (Lipinski definition) is 0. The number of para-hydroxylation sites is 1. The quantitative estimate of drug-likeness (QED) is 0.762. The summed E-state index contributed by atoms with van der Waals surface area (Å²) in [5, 5.41) is 9.44. The van der Waals surface area contributed by atoms with E-state index in [2.05, 4.69) is 58.1 Å². The second-order valence-corrected chi connectivity index (χ2v) is 6.15. The lowest BCUT2D eigenvalue weighted by Crippen LogP contribution is -2.30. The van der Waals surface area contributed by atoms with E-state index in [1.165, 1.54) is 11.3 Å². The molecule has 0 spiro atoms. The Morgan fingerprint density at radius 1 is 1.15 bits per heavy atom. The van der Waals surface area contributed by atoms with Gasteiger partial charge < -0.3 is 4.90 Å². The van der Waals surface area contributed by atoms with E-state index in [-0.39, 0.29) is 0 Å². The van der Waals surface area contributed by atoms with E-state index in [0.29, 0.717) is 11.5 Å². The fraction of sp³-hybridized carbons (Fsp3) is 0.235.